The van der Waals surface area contributed by atoms with E-state index >= 15 is 0 Å². The van der Waals surface area contributed by atoms with E-state index in [2.05, 4.69) is 5.32 Å². The number of furan rings is 1. The maximum Gasteiger partial charge on any atom is 0.306 e. The van der Waals surface area contributed by atoms with Crippen LogP contribution in [0.25, 0.3) is 27.7 Å². The summed E-state index contributed by atoms with van der Waals surface area (Å²) in [5.41, 5.74) is 3.00. The lowest BCUT2D eigenvalue weighted by atomic mass is 9.99. The predicted molar refractivity (Wildman–Crippen MR) is 129 cm³/mol. The molecule has 0 aliphatic carbocycles. The second-order valence-corrected chi connectivity index (χ2v) is 7.88. The fourth-order valence-electron chi connectivity index (χ4n) is 3.57. The third-order valence-electron chi connectivity index (χ3n) is 5.23. The molecule has 0 atom stereocenters. The molecule has 9 heteroatoms. The zero-order valence-electron chi connectivity index (χ0n) is 18.1. The van der Waals surface area contributed by atoms with Crippen LogP contribution in [0.4, 0.5) is 15.8 Å². The highest BCUT2D eigenvalue weighted by Gasteiger charge is 2.17. The number of anilines is 1. The van der Waals surface area contributed by atoms with E-state index in [0.29, 0.717) is 27.5 Å². The van der Waals surface area contributed by atoms with Crippen molar-refractivity contribution >= 4 is 45.4 Å². The third kappa shape index (κ3) is 4.62. The SMILES string of the molecule is COc1cc2occ(-c3ccc(Cl)cc3)c2cc1/C(C)=C/C(=O)Nc1ccc(F)c([N+](=O)[O-])c1. The van der Waals surface area contributed by atoms with E-state index in [-0.39, 0.29) is 5.69 Å². The molecule has 1 N–H and O–H groups in total. The number of carbonyl (C=O) groups excluding carboxylic acids is 1. The minimum absolute atomic E-state index is 0.101. The number of carbonyl (C=O) groups is 1. The molecule has 3 aromatic carbocycles. The Kier molecular flexibility index (Phi) is 6.34. The van der Waals surface area contributed by atoms with Crippen molar-refractivity contribution < 1.29 is 23.3 Å². The first kappa shape index (κ1) is 23.0. The first-order valence-corrected chi connectivity index (χ1v) is 10.4. The Morgan fingerprint density at radius 1 is 1.18 bits per heavy atom. The van der Waals surface area contributed by atoms with Crippen molar-refractivity contribution in [2.75, 3.05) is 12.4 Å². The number of nitrogens with zero attached hydrogens (tertiary/aromatic N) is 1. The second kappa shape index (κ2) is 9.36. The summed E-state index contributed by atoms with van der Waals surface area (Å²) in [4.78, 5) is 22.7. The predicted octanol–water partition coefficient (Wildman–Crippen LogP) is 6.85. The molecule has 7 nitrogen and oxygen atoms in total. The molecule has 0 aliphatic heterocycles. The van der Waals surface area contributed by atoms with Gasteiger partial charge in [-0.25, -0.2) is 0 Å². The van der Waals surface area contributed by atoms with Crippen LogP contribution in [0.5, 0.6) is 5.75 Å². The van der Waals surface area contributed by atoms with E-state index in [1.54, 1.807) is 31.4 Å². The van der Waals surface area contributed by atoms with Crippen LogP contribution in [-0.2, 0) is 4.79 Å². The van der Waals surface area contributed by atoms with E-state index in [0.717, 1.165) is 28.6 Å². The van der Waals surface area contributed by atoms with Crippen LogP contribution in [0.3, 0.4) is 0 Å². The van der Waals surface area contributed by atoms with Gasteiger partial charge in [-0.15, -0.1) is 0 Å². The summed E-state index contributed by atoms with van der Waals surface area (Å²) in [6.45, 7) is 1.73. The first-order valence-electron chi connectivity index (χ1n) is 10.1. The molecule has 0 fully saturated rings. The Morgan fingerprint density at radius 3 is 2.59 bits per heavy atom. The number of benzene rings is 3. The van der Waals surface area contributed by atoms with E-state index in [9.17, 15) is 19.3 Å². The topological polar surface area (TPSA) is 94.6 Å². The Balaban J connectivity index is 1.68. The van der Waals surface area contributed by atoms with Gasteiger partial charge in [-0.1, -0.05) is 23.7 Å². The number of allylic oxidation sites excluding steroid dienone is 1. The molecule has 0 bridgehead atoms. The normalized spacial score (nSPS) is 11.5. The summed E-state index contributed by atoms with van der Waals surface area (Å²) in [6, 6.07) is 14.1. The number of amides is 1. The van der Waals surface area contributed by atoms with Crippen molar-refractivity contribution in [1.82, 2.24) is 0 Å². The summed E-state index contributed by atoms with van der Waals surface area (Å²) in [6.07, 6.45) is 2.98. The van der Waals surface area contributed by atoms with Gasteiger partial charge in [0, 0.05) is 45.4 Å². The number of hydrogen-bond donors (Lipinski definition) is 1. The number of nitrogens with one attached hydrogen (secondary N) is 1. The molecule has 0 aliphatic rings. The molecular weight excluding hydrogens is 463 g/mol. The summed E-state index contributed by atoms with van der Waals surface area (Å²) >= 11 is 6.00. The molecule has 1 aromatic heterocycles. The zero-order valence-corrected chi connectivity index (χ0v) is 18.9. The summed E-state index contributed by atoms with van der Waals surface area (Å²) in [5, 5.41) is 14.9. The Hall–Kier alpha value is -4.17. The number of methoxy groups -OCH3 is 1. The fourth-order valence-corrected chi connectivity index (χ4v) is 3.69. The van der Waals surface area contributed by atoms with Crippen LogP contribution in [0, 0.1) is 15.9 Å². The Morgan fingerprint density at radius 2 is 1.91 bits per heavy atom. The Bertz CT molecular complexity index is 1440. The van der Waals surface area contributed by atoms with Crippen LogP contribution in [0.1, 0.15) is 12.5 Å². The van der Waals surface area contributed by atoms with Gasteiger partial charge in [-0.05, 0) is 48.4 Å². The standard InChI is InChI=1S/C25H18ClFN2O5/c1-14(9-25(30)28-17-7-8-21(27)22(10-17)29(31)32)18-11-19-20(15-3-5-16(26)6-4-15)13-34-24(19)12-23(18)33-2/h3-13H,1-2H3,(H,28,30)/b14-9+. The monoisotopic (exact) mass is 480 g/mol. The van der Waals surface area contributed by atoms with Crippen molar-refractivity contribution in [2.24, 2.45) is 0 Å². The molecule has 0 radical (unpaired) electrons. The maximum absolute atomic E-state index is 13.6. The van der Waals surface area contributed by atoms with Gasteiger partial charge >= 0.3 is 5.69 Å². The lowest BCUT2D eigenvalue weighted by molar-refractivity contribution is -0.387. The maximum atomic E-state index is 13.6. The number of rotatable bonds is 6. The molecule has 0 spiro atoms. The van der Waals surface area contributed by atoms with Gasteiger partial charge in [-0.2, -0.15) is 4.39 Å². The minimum Gasteiger partial charge on any atom is -0.496 e. The van der Waals surface area contributed by atoms with Crippen molar-refractivity contribution in [3.63, 3.8) is 0 Å². The van der Waals surface area contributed by atoms with Gasteiger partial charge in [-0.3, -0.25) is 14.9 Å². The molecule has 1 amide bonds. The van der Waals surface area contributed by atoms with Gasteiger partial charge in [0.2, 0.25) is 11.7 Å². The molecular formula is C25H18ClFN2O5. The highest BCUT2D eigenvalue weighted by atomic mass is 35.5. The number of nitro groups is 1. The number of halogens is 2. The third-order valence-corrected chi connectivity index (χ3v) is 5.49. The van der Waals surface area contributed by atoms with E-state index < -0.39 is 22.3 Å². The van der Waals surface area contributed by atoms with Crippen LogP contribution >= 0.6 is 11.6 Å². The molecule has 4 aromatic rings. The average molecular weight is 481 g/mol. The number of nitro benzene ring substituents is 1. The number of ether oxygens (including phenoxy) is 1. The zero-order chi connectivity index (χ0) is 24.4. The summed E-state index contributed by atoms with van der Waals surface area (Å²) in [7, 11) is 1.51. The van der Waals surface area contributed by atoms with E-state index in [4.69, 9.17) is 20.8 Å². The number of hydrogen-bond acceptors (Lipinski definition) is 5. The molecule has 0 saturated heterocycles. The molecule has 34 heavy (non-hydrogen) atoms. The highest BCUT2D eigenvalue weighted by Crippen LogP contribution is 2.37. The lowest BCUT2D eigenvalue weighted by Gasteiger charge is -2.10. The minimum atomic E-state index is -0.982. The van der Waals surface area contributed by atoms with Gasteiger partial charge in [0.25, 0.3) is 0 Å². The fraction of sp³-hybridized carbons (Fsp3) is 0.0800. The van der Waals surface area contributed by atoms with Crippen molar-refractivity contribution in [3.05, 3.63) is 93.5 Å². The van der Waals surface area contributed by atoms with Crippen LogP contribution in [0.2, 0.25) is 5.02 Å². The second-order valence-electron chi connectivity index (χ2n) is 7.44. The lowest BCUT2D eigenvalue weighted by Crippen LogP contribution is -2.09. The number of fused-ring (bicyclic) bond motifs is 1. The summed E-state index contributed by atoms with van der Waals surface area (Å²) < 4.78 is 24.8. The molecule has 0 saturated carbocycles. The van der Waals surface area contributed by atoms with Gasteiger partial charge in [0.05, 0.1) is 18.3 Å². The van der Waals surface area contributed by atoms with Crippen molar-refractivity contribution in [1.29, 1.82) is 0 Å². The van der Waals surface area contributed by atoms with Crippen molar-refractivity contribution in [2.45, 2.75) is 6.92 Å². The smallest absolute Gasteiger partial charge is 0.306 e. The average Bonchev–Trinajstić information content (AvgIpc) is 3.22. The summed E-state index contributed by atoms with van der Waals surface area (Å²) in [5.74, 6) is -1.02. The van der Waals surface area contributed by atoms with Gasteiger partial charge < -0.3 is 14.5 Å². The van der Waals surface area contributed by atoms with Gasteiger partial charge in [0.1, 0.15) is 11.3 Å². The van der Waals surface area contributed by atoms with E-state index in [1.165, 1.54) is 19.3 Å². The van der Waals surface area contributed by atoms with E-state index in [1.807, 2.05) is 18.2 Å². The van der Waals surface area contributed by atoms with Crippen LogP contribution in [0.15, 0.2) is 71.4 Å². The quantitative estimate of drug-likeness (QED) is 0.185. The molecule has 4 rings (SSSR count). The molecule has 172 valence electrons. The van der Waals surface area contributed by atoms with Gasteiger partial charge in [0.15, 0.2) is 0 Å². The molecule has 0 unspecified atom stereocenters. The Labute approximate surface area is 198 Å². The van der Waals surface area contributed by atoms with Crippen LogP contribution < -0.4 is 10.1 Å². The largest absolute Gasteiger partial charge is 0.496 e. The van der Waals surface area contributed by atoms with Crippen LogP contribution in [-0.4, -0.2) is 17.9 Å². The van der Waals surface area contributed by atoms with Crippen molar-refractivity contribution in [3.8, 4) is 16.9 Å². The molecule has 1 heterocycles. The first-order chi connectivity index (χ1) is 16.3. The highest BCUT2D eigenvalue weighted by molar-refractivity contribution is 6.30.